The van der Waals surface area contributed by atoms with Gasteiger partial charge < -0.3 is 10.4 Å². The fourth-order valence-corrected chi connectivity index (χ4v) is 2.68. The average Bonchev–Trinajstić information content (AvgIpc) is 2.89. The summed E-state index contributed by atoms with van der Waals surface area (Å²) < 4.78 is 3.41. The number of aromatic nitrogens is 4. The zero-order valence-corrected chi connectivity index (χ0v) is 14.0. The van der Waals surface area contributed by atoms with Gasteiger partial charge in [0.25, 0.3) is 5.56 Å². The maximum Gasteiger partial charge on any atom is 0.332 e. The molecule has 0 aliphatic rings. The third-order valence-electron chi connectivity index (χ3n) is 3.92. The van der Waals surface area contributed by atoms with E-state index in [0.717, 1.165) is 10.1 Å². The van der Waals surface area contributed by atoms with Crippen molar-refractivity contribution in [2.24, 2.45) is 14.1 Å². The summed E-state index contributed by atoms with van der Waals surface area (Å²) in [6, 6.07) is 7.43. The lowest BCUT2D eigenvalue weighted by molar-refractivity contribution is -0.137. The van der Waals surface area contributed by atoms with Crippen LogP contribution in [0.5, 0.6) is 0 Å². The van der Waals surface area contributed by atoms with E-state index in [1.807, 2.05) is 25.1 Å². The summed E-state index contributed by atoms with van der Waals surface area (Å²) in [5.41, 5.74) is 0.772. The molecule has 0 radical (unpaired) electrons. The molecular weight excluding hydrogens is 326 g/mol. The number of carbonyl (C=O) groups is 1. The summed E-state index contributed by atoms with van der Waals surface area (Å²) in [4.78, 5) is 40.1. The number of carboxylic acid groups (broad SMARTS) is 1. The first kappa shape index (κ1) is 16.5. The predicted octanol–water partition coefficient (Wildman–Crippen LogP) is 0.570. The van der Waals surface area contributed by atoms with Crippen molar-refractivity contribution in [2.75, 3.05) is 5.32 Å². The number of imidazole rings is 1. The number of fused-ring (bicyclic) bond motifs is 1. The van der Waals surface area contributed by atoms with Gasteiger partial charge in [-0.25, -0.2) is 4.79 Å². The molecule has 0 unspecified atom stereocenters. The van der Waals surface area contributed by atoms with Crippen LogP contribution in [-0.4, -0.2) is 29.8 Å². The second-order valence-corrected chi connectivity index (χ2v) is 5.79. The topological polar surface area (TPSA) is 111 Å². The minimum Gasteiger partial charge on any atom is -0.480 e. The van der Waals surface area contributed by atoms with Crippen LogP contribution in [0, 0.1) is 6.92 Å². The number of rotatable bonds is 4. The van der Waals surface area contributed by atoms with Crippen LogP contribution in [-0.2, 0) is 25.4 Å². The molecule has 130 valence electrons. The van der Waals surface area contributed by atoms with Gasteiger partial charge in [-0.2, -0.15) is 4.98 Å². The van der Waals surface area contributed by atoms with Crippen molar-refractivity contribution >= 4 is 28.8 Å². The molecule has 0 saturated carbocycles. The number of benzene rings is 1. The van der Waals surface area contributed by atoms with Crippen LogP contribution in [0.3, 0.4) is 0 Å². The van der Waals surface area contributed by atoms with Gasteiger partial charge in [0.15, 0.2) is 11.2 Å². The van der Waals surface area contributed by atoms with Crippen LogP contribution in [0.25, 0.3) is 11.2 Å². The lowest BCUT2D eigenvalue weighted by Gasteiger charge is -2.09. The number of carboxylic acids is 1. The molecule has 9 heteroatoms. The molecule has 0 fully saturated rings. The van der Waals surface area contributed by atoms with Crippen LogP contribution in [0.4, 0.5) is 11.6 Å². The molecule has 0 aliphatic carbocycles. The predicted molar refractivity (Wildman–Crippen MR) is 92.3 cm³/mol. The Labute approximate surface area is 141 Å². The van der Waals surface area contributed by atoms with Gasteiger partial charge in [-0.1, -0.05) is 12.1 Å². The normalized spacial score (nSPS) is 11.0. The smallest absolute Gasteiger partial charge is 0.332 e. The molecule has 0 atom stereocenters. The second kappa shape index (κ2) is 5.93. The molecule has 0 amide bonds. The average molecular weight is 343 g/mol. The van der Waals surface area contributed by atoms with E-state index in [1.165, 1.54) is 23.2 Å². The Balaban J connectivity index is 2.29. The van der Waals surface area contributed by atoms with Crippen molar-refractivity contribution in [2.45, 2.75) is 13.5 Å². The third kappa shape index (κ3) is 2.80. The fraction of sp³-hybridized carbons (Fsp3) is 0.250. The number of nitrogens with one attached hydrogen (secondary N) is 1. The van der Waals surface area contributed by atoms with Crippen LogP contribution in [0.2, 0.25) is 0 Å². The van der Waals surface area contributed by atoms with E-state index in [4.69, 9.17) is 0 Å². The highest BCUT2D eigenvalue weighted by atomic mass is 16.4. The van der Waals surface area contributed by atoms with E-state index >= 15 is 0 Å². The first-order valence-corrected chi connectivity index (χ1v) is 7.51. The molecule has 25 heavy (non-hydrogen) atoms. The van der Waals surface area contributed by atoms with Gasteiger partial charge in [-0.3, -0.25) is 23.3 Å². The minimum absolute atomic E-state index is 0.0575. The van der Waals surface area contributed by atoms with Gasteiger partial charge in [-0.15, -0.1) is 0 Å². The van der Waals surface area contributed by atoms with E-state index in [0.29, 0.717) is 5.69 Å². The number of nitrogens with zero attached hydrogens (tertiary/aromatic N) is 4. The summed E-state index contributed by atoms with van der Waals surface area (Å²) in [5.74, 6) is -0.941. The van der Waals surface area contributed by atoms with Gasteiger partial charge in [0.2, 0.25) is 5.95 Å². The van der Waals surface area contributed by atoms with Crippen LogP contribution < -0.4 is 16.6 Å². The Hall–Kier alpha value is -3.36. The van der Waals surface area contributed by atoms with E-state index in [9.17, 15) is 19.5 Å². The van der Waals surface area contributed by atoms with E-state index in [2.05, 4.69) is 10.3 Å². The van der Waals surface area contributed by atoms with Crippen molar-refractivity contribution in [1.82, 2.24) is 18.7 Å². The van der Waals surface area contributed by atoms with Crippen LogP contribution >= 0.6 is 0 Å². The van der Waals surface area contributed by atoms with E-state index in [1.54, 1.807) is 6.07 Å². The molecule has 2 N–H and O–H groups in total. The Morgan fingerprint density at radius 2 is 1.96 bits per heavy atom. The number of aliphatic carboxylic acids is 1. The lowest BCUT2D eigenvalue weighted by atomic mass is 10.2. The zero-order valence-electron chi connectivity index (χ0n) is 14.0. The summed E-state index contributed by atoms with van der Waals surface area (Å²) in [5, 5.41) is 12.2. The Morgan fingerprint density at radius 1 is 1.24 bits per heavy atom. The van der Waals surface area contributed by atoms with Gasteiger partial charge in [0.05, 0.1) is 0 Å². The van der Waals surface area contributed by atoms with Gasteiger partial charge in [-0.05, 0) is 24.6 Å². The second-order valence-electron chi connectivity index (χ2n) is 5.79. The molecule has 2 aromatic heterocycles. The quantitative estimate of drug-likeness (QED) is 0.716. The molecule has 0 saturated heterocycles. The summed E-state index contributed by atoms with van der Waals surface area (Å²) in [6.07, 6.45) is 0. The SMILES string of the molecule is Cc1cccc(Nc2nc3c(c(=O)n(C)c(=O)n3C)n2CC(=O)O)c1. The molecule has 0 bridgehead atoms. The summed E-state index contributed by atoms with van der Waals surface area (Å²) in [7, 11) is 2.83. The monoisotopic (exact) mass is 343 g/mol. The highest BCUT2D eigenvalue weighted by Crippen LogP contribution is 2.20. The van der Waals surface area contributed by atoms with Crippen molar-refractivity contribution in [3.05, 3.63) is 50.7 Å². The summed E-state index contributed by atoms with van der Waals surface area (Å²) >= 11 is 0. The molecule has 0 spiro atoms. The molecule has 3 aromatic rings. The molecule has 1 aromatic carbocycles. The number of aryl methyl sites for hydroxylation is 2. The molecule has 3 rings (SSSR count). The number of anilines is 2. The molecule has 2 heterocycles. The standard InChI is InChI=1S/C16H17N5O4/c1-9-5-4-6-10(7-9)17-15-18-13-12(21(15)8-11(22)23)14(24)20(3)16(25)19(13)2/h4-7H,8H2,1-3H3,(H,17,18)(H,22,23). The largest absolute Gasteiger partial charge is 0.480 e. The van der Waals surface area contributed by atoms with Gasteiger partial charge >= 0.3 is 11.7 Å². The van der Waals surface area contributed by atoms with Crippen molar-refractivity contribution in [3.8, 4) is 0 Å². The number of hydrogen-bond acceptors (Lipinski definition) is 5. The van der Waals surface area contributed by atoms with E-state index < -0.39 is 23.8 Å². The number of hydrogen-bond donors (Lipinski definition) is 2. The van der Waals surface area contributed by atoms with Gasteiger partial charge in [0, 0.05) is 19.8 Å². The first-order chi connectivity index (χ1) is 11.8. The maximum atomic E-state index is 12.5. The molecule has 0 aliphatic heterocycles. The third-order valence-corrected chi connectivity index (χ3v) is 3.92. The van der Waals surface area contributed by atoms with Crippen molar-refractivity contribution < 1.29 is 9.90 Å². The lowest BCUT2D eigenvalue weighted by Crippen LogP contribution is -2.37. The van der Waals surface area contributed by atoms with Crippen LogP contribution in [0.15, 0.2) is 33.9 Å². The van der Waals surface area contributed by atoms with Gasteiger partial charge in [0.1, 0.15) is 6.54 Å². The first-order valence-electron chi connectivity index (χ1n) is 7.51. The molecule has 9 nitrogen and oxygen atoms in total. The maximum absolute atomic E-state index is 12.5. The Bertz CT molecular complexity index is 1110. The fourth-order valence-electron chi connectivity index (χ4n) is 2.68. The Morgan fingerprint density at radius 3 is 2.60 bits per heavy atom. The molecular formula is C16H17N5O4. The highest BCUT2D eigenvalue weighted by Gasteiger charge is 2.20. The summed E-state index contributed by atoms with van der Waals surface area (Å²) in [6.45, 7) is 1.46. The minimum atomic E-state index is -1.12. The van der Waals surface area contributed by atoms with Crippen molar-refractivity contribution in [1.29, 1.82) is 0 Å². The van der Waals surface area contributed by atoms with Crippen LogP contribution in [0.1, 0.15) is 5.56 Å². The highest BCUT2D eigenvalue weighted by molar-refractivity contribution is 5.79. The van der Waals surface area contributed by atoms with Crippen molar-refractivity contribution in [3.63, 3.8) is 0 Å². The Kier molecular flexibility index (Phi) is 3.91. The zero-order chi connectivity index (χ0) is 18.3. The van der Waals surface area contributed by atoms with E-state index in [-0.39, 0.29) is 17.1 Å².